The van der Waals surface area contributed by atoms with Gasteiger partial charge in [0.15, 0.2) is 0 Å². The maximum absolute atomic E-state index is 13.8. The van der Waals surface area contributed by atoms with Crippen molar-refractivity contribution in [2.45, 2.75) is 11.8 Å². The zero-order chi connectivity index (χ0) is 23.5. The fraction of sp³-hybridized carbons (Fsp3) is 0.133. The summed E-state index contributed by atoms with van der Waals surface area (Å²) in [4.78, 5) is 29.0. The lowest BCUT2D eigenvalue weighted by molar-refractivity contribution is -0.122. The topological polar surface area (TPSA) is 62.1 Å². The molecule has 0 N–H and O–H groups in total. The minimum atomic E-state index is -0.380. The first-order valence-corrected chi connectivity index (χ1v) is 11.8. The third kappa shape index (κ3) is 2.88. The predicted molar refractivity (Wildman–Crippen MR) is 133 cm³/mol. The van der Waals surface area contributed by atoms with Crippen LogP contribution in [0.4, 0.5) is 17.1 Å². The van der Waals surface area contributed by atoms with Crippen LogP contribution in [0.25, 0.3) is 0 Å². The van der Waals surface area contributed by atoms with E-state index in [1.807, 2.05) is 54.6 Å². The number of hydrogen-bond donors (Lipinski definition) is 0. The number of hydrogen-bond acceptors (Lipinski definition) is 4. The smallest absolute Gasteiger partial charge is 0.238 e. The van der Waals surface area contributed by atoms with Crippen LogP contribution in [0.3, 0.4) is 0 Å². The molecule has 168 valence electrons. The molecule has 5 nitrogen and oxygen atoms in total. The molecule has 4 aromatic carbocycles. The molecule has 2 amide bonds. The number of carbonyl (C=O) groups is 2. The van der Waals surface area contributed by atoms with Crippen LogP contribution < -0.4 is 4.90 Å². The molecule has 0 unspecified atom stereocenters. The van der Waals surface area contributed by atoms with E-state index in [0.717, 1.165) is 5.69 Å². The predicted octanol–water partition coefficient (Wildman–Crippen LogP) is 6.50. The number of nitrogens with zero attached hydrogens (tertiary/aromatic N) is 3. The van der Waals surface area contributed by atoms with Crippen molar-refractivity contribution in [2.24, 2.45) is 22.1 Å². The molecule has 2 bridgehead atoms. The highest BCUT2D eigenvalue weighted by atomic mass is 16.2. The Hall–Kier alpha value is -4.38. The van der Waals surface area contributed by atoms with Gasteiger partial charge >= 0.3 is 0 Å². The third-order valence-corrected chi connectivity index (χ3v) is 7.59. The second kappa shape index (κ2) is 7.57. The molecule has 4 aromatic rings. The molecule has 2 atom stereocenters. The summed E-state index contributed by atoms with van der Waals surface area (Å²) < 4.78 is 0. The molecular formula is C30H21N3O2. The first kappa shape index (κ1) is 20.0. The fourth-order valence-corrected chi connectivity index (χ4v) is 6.21. The molecule has 4 aliphatic rings. The molecule has 5 heteroatoms. The Morgan fingerprint density at radius 2 is 0.886 bits per heavy atom. The first-order valence-electron chi connectivity index (χ1n) is 11.8. The van der Waals surface area contributed by atoms with Gasteiger partial charge in [-0.2, -0.15) is 10.2 Å². The van der Waals surface area contributed by atoms with Crippen LogP contribution in [0.15, 0.2) is 113 Å². The summed E-state index contributed by atoms with van der Waals surface area (Å²) in [7, 11) is 0. The lowest BCUT2D eigenvalue weighted by Crippen LogP contribution is -2.41. The standard InChI is InChI=1S/C30H21N3O2/c34-29-27-25-21-10-4-5-11-22(21)26(24-13-7-6-12-23(24)25)28(27)30(35)33(29)20-16-14-19(15-17-20)32-31-18-8-2-1-3-9-18/h1-17,25-28H/t25?,26?,27-,28+. The van der Waals surface area contributed by atoms with Crippen molar-refractivity contribution in [2.75, 3.05) is 4.90 Å². The lowest BCUT2D eigenvalue weighted by atomic mass is 9.55. The average molecular weight is 456 g/mol. The van der Waals surface area contributed by atoms with E-state index in [2.05, 4.69) is 34.5 Å². The largest absolute Gasteiger partial charge is 0.274 e. The Labute approximate surface area is 202 Å². The molecule has 1 fully saturated rings. The molecule has 1 saturated heterocycles. The van der Waals surface area contributed by atoms with E-state index in [1.165, 1.54) is 27.2 Å². The molecule has 3 aliphatic carbocycles. The van der Waals surface area contributed by atoms with Crippen LogP contribution in [0.5, 0.6) is 0 Å². The third-order valence-electron chi connectivity index (χ3n) is 7.59. The minimum Gasteiger partial charge on any atom is -0.274 e. The first-order chi connectivity index (χ1) is 17.2. The normalized spacial score (nSPS) is 23.9. The van der Waals surface area contributed by atoms with Gasteiger partial charge in [0.25, 0.3) is 0 Å². The van der Waals surface area contributed by atoms with E-state index in [-0.39, 0.29) is 35.5 Å². The molecule has 1 heterocycles. The van der Waals surface area contributed by atoms with Crippen molar-refractivity contribution in [1.29, 1.82) is 0 Å². The van der Waals surface area contributed by atoms with Gasteiger partial charge in [0.2, 0.25) is 11.8 Å². The highest BCUT2D eigenvalue weighted by molar-refractivity contribution is 6.23. The summed E-state index contributed by atoms with van der Waals surface area (Å²) in [5.74, 6) is -1.18. The van der Waals surface area contributed by atoms with Crippen molar-refractivity contribution >= 4 is 28.9 Å². The molecule has 0 aromatic heterocycles. The van der Waals surface area contributed by atoms with Gasteiger partial charge in [-0.05, 0) is 58.7 Å². The van der Waals surface area contributed by atoms with E-state index < -0.39 is 0 Å². The molecule has 0 saturated carbocycles. The zero-order valence-corrected chi connectivity index (χ0v) is 18.8. The summed E-state index contributed by atoms with van der Waals surface area (Å²) in [5, 5.41) is 8.52. The van der Waals surface area contributed by atoms with Gasteiger partial charge in [-0.15, -0.1) is 0 Å². The second-order valence-corrected chi connectivity index (χ2v) is 9.33. The van der Waals surface area contributed by atoms with Gasteiger partial charge in [0.1, 0.15) is 0 Å². The molecule has 0 radical (unpaired) electrons. The Morgan fingerprint density at radius 1 is 0.486 bits per heavy atom. The van der Waals surface area contributed by atoms with Crippen molar-refractivity contribution < 1.29 is 9.59 Å². The number of rotatable bonds is 3. The summed E-state index contributed by atoms with van der Waals surface area (Å²) >= 11 is 0. The van der Waals surface area contributed by atoms with Crippen molar-refractivity contribution in [3.05, 3.63) is 125 Å². The van der Waals surface area contributed by atoms with Crippen LogP contribution >= 0.6 is 0 Å². The maximum atomic E-state index is 13.8. The number of anilines is 1. The Bertz CT molecular complexity index is 1390. The number of azo groups is 1. The summed E-state index contributed by atoms with van der Waals surface area (Å²) in [6.07, 6.45) is 0. The van der Waals surface area contributed by atoms with E-state index in [4.69, 9.17) is 0 Å². The van der Waals surface area contributed by atoms with Gasteiger partial charge in [-0.25, -0.2) is 4.90 Å². The second-order valence-electron chi connectivity index (χ2n) is 9.33. The van der Waals surface area contributed by atoms with Gasteiger partial charge in [-0.1, -0.05) is 66.7 Å². The van der Waals surface area contributed by atoms with Crippen LogP contribution in [0.1, 0.15) is 34.1 Å². The van der Waals surface area contributed by atoms with Crippen molar-refractivity contribution in [3.8, 4) is 0 Å². The van der Waals surface area contributed by atoms with E-state index >= 15 is 0 Å². The SMILES string of the molecule is O=C1[C@@H]2C3c4ccccc4C(c4ccccc43)[C@@H]2C(=O)N1c1ccc(N=Nc2ccccc2)cc1. The van der Waals surface area contributed by atoms with Crippen LogP contribution in [-0.2, 0) is 9.59 Å². The van der Waals surface area contributed by atoms with Gasteiger partial charge in [0.05, 0.1) is 28.9 Å². The zero-order valence-electron chi connectivity index (χ0n) is 18.8. The molecular weight excluding hydrogens is 434 g/mol. The summed E-state index contributed by atoms with van der Waals surface area (Å²) in [6.45, 7) is 0. The Kier molecular flexibility index (Phi) is 4.33. The van der Waals surface area contributed by atoms with Crippen molar-refractivity contribution in [3.63, 3.8) is 0 Å². The number of benzene rings is 4. The van der Waals surface area contributed by atoms with Crippen molar-refractivity contribution in [1.82, 2.24) is 0 Å². The van der Waals surface area contributed by atoms with Crippen LogP contribution in [-0.4, -0.2) is 11.8 Å². The number of amides is 2. The van der Waals surface area contributed by atoms with Crippen LogP contribution in [0, 0.1) is 11.8 Å². The van der Waals surface area contributed by atoms with E-state index in [9.17, 15) is 9.59 Å². The molecule has 0 spiro atoms. The highest BCUT2D eigenvalue weighted by Crippen LogP contribution is 2.61. The lowest BCUT2D eigenvalue weighted by Gasteiger charge is -2.45. The summed E-state index contributed by atoms with van der Waals surface area (Å²) in [6, 6.07) is 33.2. The maximum Gasteiger partial charge on any atom is 0.238 e. The molecule has 1 aliphatic heterocycles. The van der Waals surface area contributed by atoms with Crippen LogP contribution in [0.2, 0.25) is 0 Å². The Morgan fingerprint density at radius 3 is 1.34 bits per heavy atom. The van der Waals surface area contributed by atoms with Gasteiger partial charge < -0.3 is 0 Å². The Balaban J connectivity index is 1.25. The average Bonchev–Trinajstić information content (AvgIpc) is 3.18. The molecule has 35 heavy (non-hydrogen) atoms. The monoisotopic (exact) mass is 455 g/mol. The number of imide groups is 1. The summed E-state index contributed by atoms with van der Waals surface area (Å²) in [5.41, 5.74) is 6.72. The highest BCUT2D eigenvalue weighted by Gasteiger charge is 2.61. The molecule has 8 rings (SSSR count). The van der Waals surface area contributed by atoms with Gasteiger partial charge in [-0.3, -0.25) is 9.59 Å². The fourth-order valence-electron chi connectivity index (χ4n) is 6.21. The van der Waals surface area contributed by atoms with Gasteiger partial charge in [0, 0.05) is 11.8 Å². The van der Waals surface area contributed by atoms with E-state index in [0.29, 0.717) is 11.4 Å². The minimum absolute atomic E-state index is 0.0993. The quantitative estimate of drug-likeness (QED) is 0.262. The number of carbonyl (C=O) groups excluding carboxylic acids is 2. The van der Waals surface area contributed by atoms with E-state index in [1.54, 1.807) is 24.3 Å².